The van der Waals surface area contributed by atoms with Gasteiger partial charge in [-0.2, -0.15) is 4.99 Å². The molecular formula is C28H31F2N5O3. The van der Waals surface area contributed by atoms with E-state index in [9.17, 15) is 13.6 Å². The number of benzene rings is 3. The SMILES string of the molecule is COc1cc(OC)c(F)c(-c2ccc(C(N)=NC(=O)c3ccc(N4CCNC(C)(C)C4)cc3)c(N)c2)c1F. The van der Waals surface area contributed by atoms with E-state index in [4.69, 9.17) is 20.9 Å². The number of rotatable bonds is 6. The average Bonchev–Trinajstić information content (AvgIpc) is 2.88. The van der Waals surface area contributed by atoms with Crippen molar-refractivity contribution in [3.8, 4) is 22.6 Å². The summed E-state index contributed by atoms with van der Waals surface area (Å²) in [4.78, 5) is 19.0. The normalized spacial score (nSPS) is 15.3. The Hall–Kier alpha value is -4.18. The molecule has 1 heterocycles. The maximum absolute atomic E-state index is 14.9. The van der Waals surface area contributed by atoms with Crippen LogP contribution in [0.15, 0.2) is 53.5 Å². The zero-order valence-electron chi connectivity index (χ0n) is 21.8. The van der Waals surface area contributed by atoms with Gasteiger partial charge in [0.2, 0.25) is 0 Å². The first kappa shape index (κ1) is 26.9. The number of nitrogen functional groups attached to an aromatic ring is 1. The predicted molar refractivity (Wildman–Crippen MR) is 145 cm³/mol. The number of amides is 1. The quantitative estimate of drug-likeness (QED) is 0.254. The minimum Gasteiger partial charge on any atom is -0.494 e. The number of methoxy groups -OCH3 is 2. The van der Waals surface area contributed by atoms with Gasteiger partial charge in [0.1, 0.15) is 5.84 Å². The van der Waals surface area contributed by atoms with E-state index in [2.05, 4.69) is 29.1 Å². The zero-order valence-corrected chi connectivity index (χ0v) is 21.8. The molecule has 4 rings (SSSR count). The van der Waals surface area contributed by atoms with Crippen molar-refractivity contribution in [2.75, 3.05) is 44.5 Å². The summed E-state index contributed by atoms with van der Waals surface area (Å²) < 4.78 is 39.8. The van der Waals surface area contributed by atoms with E-state index in [1.807, 2.05) is 12.1 Å². The van der Waals surface area contributed by atoms with Crippen LogP contribution in [-0.2, 0) is 0 Å². The second kappa shape index (κ2) is 10.7. The minimum absolute atomic E-state index is 0.00283. The summed E-state index contributed by atoms with van der Waals surface area (Å²) in [6.07, 6.45) is 0. The number of amidine groups is 1. The lowest BCUT2D eigenvalue weighted by atomic mass is 10.00. The third-order valence-electron chi connectivity index (χ3n) is 6.46. The van der Waals surface area contributed by atoms with Gasteiger partial charge in [-0.3, -0.25) is 4.79 Å². The first-order valence-corrected chi connectivity index (χ1v) is 12.0. The van der Waals surface area contributed by atoms with E-state index in [0.717, 1.165) is 31.4 Å². The van der Waals surface area contributed by atoms with Crippen LogP contribution in [0.2, 0.25) is 0 Å². The molecule has 38 heavy (non-hydrogen) atoms. The summed E-state index contributed by atoms with van der Waals surface area (Å²) in [6.45, 7) is 6.88. The third kappa shape index (κ3) is 5.40. The number of hydrogen-bond donors (Lipinski definition) is 3. The monoisotopic (exact) mass is 523 g/mol. The molecule has 0 spiro atoms. The summed E-state index contributed by atoms with van der Waals surface area (Å²) in [5.41, 5.74) is 13.8. The molecule has 1 aliphatic rings. The molecule has 3 aromatic carbocycles. The van der Waals surface area contributed by atoms with Crippen LogP contribution in [-0.4, -0.2) is 51.1 Å². The topological polar surface area (TPSA) is 115 Å². The van der Waals surface area contributed by atoms with Crippen molar-refractivity contribution in [3.63, 3.8) is 0 Å². The van der Waals surface area contributed by atoms with E-state index >= 15 is 0 Å². The maximum Gasteiger partial charge on any atom is 0.278 e. The van der Waals surface area contributed by atoms with Gasteiger partial charge >= 0.3 is 0 Å². The van der Waals surface area contributed by atoms with Gasteiger partial charge in [-0.15, -0.1) is 0 Å². The number of aliphatic imine (C=N–C) groups is 1. The van der Waals surface area contributed by atoms with Crippen LogP contribution in [0.3, 0.4) is 0 Å². The van der Waals surface area contributed by atoms with Crippen LogP contribution < -0.4 is 31.2 Å². The highest BCUT2D eigenvalue weighted by Gasteiger charge is 2.26. The van der Waals surface area contributed by atoms with Crippen molar-refractivity contribution in [2.24, 2.45) is 10.7 Å². The van der Waals surface area contributed by atoms with Crippen LogP contribution in [0.25, 0.3) is 11.1 Å². The number of nitrogens with one attached hydrogen (secondary N) is 1. The van der Waals surface area contributed by atoms with Gasteiger partial charge in [-0.25, -0.2) is 8.78 Å². The fourth-order valence-corrected chi connectivity index (χ4v) is 4.50. The van der Waals surface area contributed by atoms with Gasteiger partial charge in [0.15, 0.2) is 23.1 Å². The Balaban J connectivity index is 1.57. The molecule has 1 fully saturated rings. The van der Waals surface area contributed by atoms with Crippen molar-refractivity contribution < 1.29 is 23.0 Å². The van der Waals surface area contributed by atoms with Crippen LogP contribution in [0.4, 0.5) is 20.2 Å². The van der Waals surface area contributed by atoms with Crippen LogP contribution >= 0.6 is 0 Å². The smallest absolute Gasteiger partial charge is 0.278 e. The standard InChI is InChI=1S/C28H31F2N5O3/c1-28(2)15-35(12-11-33-28)18-8-5-16(6-9-18)27(36)34-26(32)19-10-7-17(13-20(19)31)23-24(29)21(37-3)14-22(38-4)25(23)30/h5-10,13-14,33H,11-12,15,31H2,1-4H3,(H2,32,34,36). The number of carbonyl (C=O) groups excluding carboxylic acids is 1. The number of hydrogen-bond acceptors (Lipinski definition) is 6. The van der Waals surface area contributed by atoms with Gasteiger partial charge in [0, 0.05) is 53.7 Å². The lowest BCUT2D eigenvalue weighted by Gasteiger charge is -2.40. The molecule has 200 valence electrons. The first-order valence-electron chi connectivity index (χ1n) is 12.0. The molecule has 3 aromatic rings. The second-order valence-corrected chi connectivity index (χ2v) is 9.67. The molecule has 5 N–H and O–H groups in total. The Morgan fingerprint density at radius 3 is 2.21 bits per heavy atom. The minimum atomic E-state index is -0.900. The summed E-state index contributed by atoms with van der Waals surface area (Å²) in [5.74, 6) is -2.81. The van der Waals surface area contributed by atoms with Crippen LogP contribution in [0, 0.1) is 11.6 Å². The number of nitrogens with two attached hydrogens (primary N) is 2. The molecule has 1 aliphatic heterocycles. The highest BCUT2D eigenvalue weighted by atomic mass is 19.1. The Morgan fingerprint density at radius 1 is 1.03 bits per heavy atom. The molecule has 0 aromatic heterocycles. The Labute approximate surface area is 220 Å². The molecule has 0 atom stereocenters. The van der Waals surface area contributed by atoms with E-state index in [-0.39, 0.29) is 45.3 Å². The van der Waals surface area contributed by atoms with E-state index in [1.54, 1.807) is 12.1 Å². The van der Waals surface area contributed by atoms with Gasteiger partial charge in [-0.05, 0) is 55.8 Å². The number of halogens is 2. The lowest BCUT2D eigenvalue weighted by molar-refractivity contribution is 0.100. The lowest BCUT2D eigenvalue weighted by Crippen LogP contribution is -2.57. The van der Waals surface area contributed by atoms with Crippen LogP contribution in [0.1, 0.15) is 29.8 Å². The van der Waals surface area contributed by atoms with Crippen molar-refractivity contribution in [1.82, 2.24) is 5.32 Å². The summed E-state index contributed by atoms with van der Waals surface area (Å²) in [6, 6.07) is 12.5. The van der Waals surface area contributed by atoms with Crippen molar-refractivity contribution >= 4 is 23.1 Å². The predicted octanol–water partition coefficient (Wildman–Crippen LogP) is 3.97. The van der Waals surface area contributed by atoms with Crippen molar-refractivity contribution in [3.05, 3.63) is 71.3 Å². The summed E-state index contributed by atoms with van der Waals surface area (Å²) in [7, 11) is 2.54. The van der Waals surface area contributed by atoms with Gasteiger partial charge in [0.25, 0.3) is 5.91 Å². The Kier molecular flexibility index (Phi) is 7.54. The molecule has 0 radical (unpaired) electrons. The average molecular weight is 524 g/mol. The van der Waals surface area contributed by atoms with Gasteiger partial charge < -0.3 is 31.2 Å². The van der Waals surface area contributed by atoms with Crippen molar-refractivity contribution in [1.29, 1.82) is 0 Å². The highest BCUT2D eigenvalue weighted by molar-refractivity contribution is 6.11. The first-order chi connectivity index (χ1) is 18.0. The highest BCUT2D eigenvalue weighted by Crippen LogP contribution is 2.38. The van der Waals surface area contributed by atoms with E-state index < -0.39 is 17.5 Å². The molecular weight excluding hydrogens is 492 g/mol. The molecule has 0 saturated carbocycles. The molecule has 0 unspecified atom stereocenters. The Bertz CT molecular complexity index is 1360. The molecule has 1 saturated heterocycles. The fourth-order valence-electron chi connectivity index (χ4n) is 4.50. The second-order valence-electron chi connectivity index (χ2n) is 9.67. The van der Waals surface area contributed by atoms with E-state index in [0.29, 0.717) is 5.56 Å². The molecule has 1 amide bonds. The van der Waals surface area contributed by atoms with Gasteiger partial charge in [0.05, 0.1) is 19.8 Å². The summed E-state index contributed by atoms with van der Waals surface area (Å²) >= 11 is 0. The number of carbonyl (C=O) groups is 1. The fraction of sp³-hybridized carbons (Fsp3) is 0.286. The summed E-state index contributed by atoms with van der Waals surface area (Å²) in [5, 5.41) is 3.47. The third-order valence-corrected chi connectivity index (χ3v) is 6.46. The Morgan fingerprint density at radius 2 is 1.66 bits per heavy atom. The molecule has 0 bridgehead atoms. The number of piperazine rings is 1. The largest absolute Gasteiger partial charge is 0.494 e. The molecule has 10 heteroatoms. The molecule has 0 aliphatic carbocycles. The maximum atomic E-state index is 14.9. The van der Waals surface area contributed by atoms with Crippen molar-refractivity contribution in [2.45, 2.75) is 19.4 Å². The van der Waals surface area contributed by atoms with Crippen LogP contribution in [0.5, 0.6) is 11.5 Å². The number of anilines is 2. The van der Waals surface area contributed by atoms with Gasteiger partial charge in [-0.1, -0.05) is 6.07 Å². The zero-order chi connectivity index (χ0) is 27.6. The van der Waals surface area contributed by atoms with E-state index in [1.165, 1.54) is 32.4 Å². The number of ether oxygens (including phenoxy) is 2. The molecule has 8 nitrogen and oxygen atoms in total. The number of nitrogens with zero attached hydrogens (tertiary/aromatic N) is 2.